The molecule has 0 aromatic rings. The van der Waals surface area contributed by atoms with Crippen LogP contribution in [0, 0.1) is 0 Å². The van der Waals surface area contributed by atoms with Gasteiger partial charge in [-0.15, -0.1) is 0 Å². The van der Waals surface area contributed by atoms with Crippen LogP contribution in [-0.2, 0) is 14.3 Å². The first-order valence-electron chi connectivity index (χ1n) is 5.20. The number of hydrogen-bond acceptors (Lipinski definition) is 4. The number of hydrogen-bond donors (Lipinski definition) is 1. The lowest BCUT2D eigenvalue weighted by Crippen LogP contribution is -2.46. The molecule has 0 amide bonds. The third-order valence-corrected chi connectivity index (χ3v) is 3.10. The van der Waals surface area contributed by atoms with Gasteiger partial charge in [-0.3, -0.25) is 0 Å². The van der Waals surface area contributed by atoms with Crippen LogP contribution in [0.3, 0.4) is 0 Å². The second kappa shape index (κ2) is 3.87. The number of methoxy groups -OCH3 is 1. The van der Waals surface area contributed by atoms with E-state index in [1.165, 1.54) is 7.11 Å². The Morgan fingerprint density at radius 1 is 1.50 bits per heavy atom. The van der Waals surface area contributed by atoms with Gasteiger partial charge in [0.15, 0.2) is 6.10 Å². The van der Waals surface area contributed by atoms with Crippen LogP contribution in [0.2, 0.25) is 0 Å². The van der Waals surface area contributed by atoms with Gasteiger partial charge in [0.25, 0.3) is 0 Å². The lowest BCUT2D eigenvalue weighted by Gasteiger charge is -2.29. The van der Waals surface area contributed by atoms with Crippen molar-refractivity contribution in [2.75, 3.05) is 7.11 Å². The van der Waals surface area contributed by atoms with E-state index in [1.54, 1.807) is 0 Å². The minimum Gasteiger partial charge on any atom is -0.467 e. The van der Waals surface area contributed by atoms with E-state index in [-0.39, 0.29) is 18.2 Å². The fourth-order valence-electron chi connectivity index (χ4n) is 2.33. The SMILES string of the molecule is COC(=O)C1CC2NC(C)CCC2O1. The van der Waals surface area contributed by atoms with E-state index in [0.29, 0.717) is 12.1 Å². The molecule has 14 heavy (non-hydrogen) atoms. The Bertz CT molecular complexity index is 231. The van der Waals surface area contributed by atoms with E-state index in [0.717, 1.165) is 19.3 Å². The van der Waals surface area contributed by atoms with Crippen molar-refractivity contribution in [1.29, 1.82) is 0 Å². The first kappa shape index (κ1) is 9.93. The number of rotatable bonds is 1. The molecule has 80 valence electrons. The molecule has 1 N–H and O–H groups in total. The van der Waals surface area contributed by atoms with Gasteiger partial charge in [0.1, 0.15) is 0 Å². The molecule has 0 saturated carbocycles. The van der Waals surface area contributed by atoms with Gasteiger partial charge in [-0.25, -0.2) is 4.79 Å². The first-order valence-corrected chi connectivity index (χ1v) is 5.20. The predicted molar refractivity (Wildman–Crippen MR) is 50.9 cm³/mol. The van der Waals surface area contributed by atoms with Crippen molar-refractivity contribution in [3.8, 4) is 0 Å². The molecule has 2 aliphatic rings. The van der Waals surface area contributed by atoms with Crippen LogP contribution in [-0.4, -0.2) is 37.4 Å². The molecule has 0 bridgehead atoms. The number of ether oxygens (including phenoxy) is 2. The van der Waals surface area contributed by atoms with Crippen molar-refractivity contribution < 1.29 is 14.3 Å². The van der Waals surface area contributed by atoms with E-state index in [2.05, 4.69) is 17.0 Å². The summed E-state index contributed by atoms with van der Waals surface area (Å²) in [6.45, 7) is 2.17. The number of piperidine rings is 1. The highest BCUT2D eigenvalue weighted by Crippen LogP contribution is 2.28. The number of fused-ring (bicyclic) bond motifs is 1. The Hall–Kier alpha value is -0.610. The summed E-state index contributed by atoms with van der Waals surface area (Å²) < 4.78 is 10.3. The zero-order valence-corrected chi connectivity index (χ0v) is 8.66. The third-order valence-electron chi connectivity index (χ3n) is 3.10. The Labute approximate surface area is 84.0 Å². The van der Waals surface area contributed by atoms with Crippen molar-refractivity contribution in [3.05, 3.63) is 0 Å². The summed E-state index contributed by atoms with van der Waals surface area (Å²) in [4.78, 5) is 11.3. The van der Waals surface area contributed by atoms with Gasteiger partial charge >= 0.3 is 5.97 Å². The van der Waals surface area contributed by atoms with Gasteiger partial charge < -0.3 is 14.8 Å². The van der Waals surface area contributed by atoms with Crippen LogP contribution >= 0.6 is 0 Å². The topological polar surface area (TPSA) is 47.6 Å². The van der Waals surface area contributed by atoms with Crippen molar-refractivity contribution >= 4 is 5.97 Å². The van der Waals surface area contributed by atoms with Crippen molar-refractivity contribution in [1.82, 2.24) is 5.32 Å². The van der Waals surface area contributed by atoms with Gasteiger partial charge in [-0.1, -0.05) is 0 Å². The fourth-order valence-corrected chi connectivity index (χ4v) is 2.33. The number of carbonyl (C=O) groups is 1. The molecule has 0 aromatic carbocycles. The van der Waals surface area contributed by atoms with Gasteiger partial charge in [-0.05, 0) is 19.8 Å². The van der Waals surface area contributed by atoms with E-state index in [9.17, 15) is 4.79 Å². The number of nitrogens with one attached hydrogen (secondary N) is 1. The van der Waals surface area contributed by atoms with Crippen LogP contribution in [0.15, 0.2) is 0 Å². The zero-order valence-electron chi connectivity index (χ0n) is 8.66. The average molecular weight is 199 g/mol. The Morgan fingerprint density at radius 2 is 2.29 bits per heavy atom. The Balaban J connectivity index is 1.95. The van der Waals surface area contributed by atoms with Crippen molar-refractivity contribution in [3.63, 3.8) is 0 Å². The lowest BCUT2D eigenvalue weighted by atomic mass is 9.96. The molecule has 2 aliphatic heterocycles. The minimum atomic E-state index is -0.354. The molecule has 0 aliphatic carbocycles. The molecule has 2 fully saturated rings. The molecular weight excluding hydrogens is 182 g/mol. The van der Waals surface area contributed by atoms with Crippen LogP contribution < -0.4 is 5.32 Å². The second-order valence-corrected chi connectivity index (χ2v) is 4.17. The van der Waals surface area contributed by atoms with E-state index < -0.39 is 0 Å². The maximum absolute atomic E-state index is 11.3. The third kappa shape index (κ3) is 1.77. The fraction of sp³-hybridized carbons (Fsp3) is 0.900. The molecule has 4 heteroatoms. The first-order chi connectivity index (χ1) is 6.70. The van der Waals surface area contributed by atoms with Gasteiger partial charge in [0.05, 0.1) is 13.2 Å². The maximum atomic E-state index is 11.3. The molecule has 2 rings (SSSR count). The zero-order chi connectivity index (χ0) is 10.1. The molecule has 0 radical (unpaired) electrons. The molecule has 0 aromatic heterocycles. The van der Waals surface area contributed by atoms with Crippen LogP contribution in [0.25, 0.3) is 0 Å². The molecule has 4 nitrogen and oxygen atoms in total. The van der Waals surface area contributed by atoms with E-state index in [1.807, 2.05) is 0 Å². The van der Waals surface area contributed by atoms with Gasteiger partial charge in [-0.2, -0.15) is 0 Å². The van der Waals surface area contributed by atoms with Crippen molar-refractivity contribution in [2.24, 2.45) is 0 Å². The Morgan fingerprint density at radius 3 is 3.00 bits per heavy atom. The highest BCUT2D eigenvalue weighted by molar-refractivity contribution is 5.75. The van der Waals surface area contributed by atoms with E-state index in [4.69, 9.17) is 4.74 Å². The van der Waals surface area contributed by atoms with Crippen LogP contribution in [0.1, 0.15) is 26.2 Å². The number of carbonyl (C=O) groups excluding carboxylic acids is 1. The van der Waals surface area contributed by atoms with Gasteiger partial charge in [0.2, 0.25) is 0 Å². The average Bonchev–Trinajstić information content (AvgIpc) is 2.59. The summed E-state index contributed by atoms with van der Waals surface area (Å²) in [5.74, 6) is -0.242. The molecular formula is C10H17NO3. The quantitative estimate of drug-likeness (QED) is 0.623. The summed E-state index contributed by atoms with van der Waals surface area (Å²) in [6, 6.07) is 0.874. The molecule has 2 saturated heterocycles. The highest BCUT2D eigenvalue weighted by Gasteiger charge is 2.41. The summed E-state index contributed by atoms with van der Waals surface area (Å²) in [5, 5.41) is 3.45. The van der Waals surface area contributed by atoms with Crippen LogP contribution in [0.4, 0.5) is 0 Å². The van der Waals surface area contributed by atoms with Crippen molar-refractivity contribution in [2.45, 2.75) is 50.5 Å². The minimum absolute atomic E-state index is 0.204. The van der Waals surface area contributed by atoms with Gasteiger partial charge in [0, 0.05) is 18.5 Å². The molecule has 2 heterocycles. The molecule has 4 unspecified atom stereocenters. The largest absolute Gasteiger partial charge is 0.467 e. The monoisotopic (exact) mass is 199 g/mol. The smallest absolute Gasteiger partial charge is 0.335 e. The Kier molecular flexibility index (Phi) is 2.74. The highest BCUT2D eigenvalue weighted by atomic mass is 16.6. The summed E-state index contributed by atoms with van der Waals surface area (Å²) in [7, 11) is 1.41. The maximum Gasteiger partial charge on any atom is 0.335 e. The van der Waals surface area contributed by atoms with E-state index >= 15 is 0 Å². The summed E-state index contributed by atoms with van der Waals surface area (Å²) in [5.41, 5.74) is 0. The van der Waals surface area contributed by atoms with Crippen LogP contribution in [0.5, 0.6) is 0 Å². The predicted octanol–water partition coefficient (Wildman–Crippen LogP) is 0.457. The lowest BCUT2D eigenvalue weighted by molar-refractivity contribution is -0.153. The number of esters is 1. The molecule has 0 spiro atoms. The standard InChI is InChI=1S/C10H17NO3/c1-6-3-4-8-7(11-6)5-9(14-8)10(12)13-2/h6-9,11H,3-5H2,1-2H3. The summed E-state index contributed by atoms with van der Waals surface area (Å²) in [6.07, 6.45) is 2.77. The summed E-state index contributed by atoms with van der Waals surface area (Å²) >= 11 is 0. The normalized spacial score (nSPS) is 41.9. The molecule has 4 atom stereocenters. The second-order valence-electron chi connectivity index (χ2n) is 4.17.